The summed E-state index contributed by atoms with van der Waals surface area (Å²) in [5.74, 6) is -9.35. The van der Waals surface area contributed by atoms with Crippen LogP contribution in [-0.4, -0.2) is 47.3 Å². The van der Waals surface area contributed by atoms with Crippen molar-refractivity contribution < 1.29 is 22.0 Å². The summed E-state index contributed by atoms with van der Waals surface area (Å²) < 4.78 is 67.3. The van der Waals surface area contributed by atoms with Gasteiger partial charge in [-0.15, -0.1) is 0 Å². The van der Waals surface area contributed by atoms with Gasteiger partial charge in [0.2, 0.25) is 23.7 Å². The zero-order valence-corrected chi connectivity index (χ0v) is 15.8. The van der Waals surface area contributed by atoms with Gasteiger partial charge in [-0.2, -0.15) is 20.1 Å². The monoisotopic (exact) mass is 427 g/mol. The van der Waals surface area contributed by atoms with Crippen molar-refractivity contribution in [3.63, 3.8) is 0 Å². The lowest BCUT2D eigenvalue weighted by Gasteiger charge is -2.20. The second kappa shape index (κ2) is 8.36. The van der Waals surface area contributed by atoms with E-state index < -0.39 is 34.6 Å². The molecule has 0 unspecified atom stereocenters. The summed E-state index contributed by atoms with van der Waals surface area (Å²) in [6.07, 6.45) is 4.53. The lowest BCUT2D eigenvalue weighted by molar-refractivity contribution is 0.377. The van der Waals surface area contributed by atoms with Gasteiger partial charge >= 0.3 is 0 Å². The Morgan fingerprint density at radius 2 is 1.10 bits per heavy atom. The molecule has 2 aliphatic heterocycles. The van der Waals surface area contributed by atoms with E-state index in [1.165, 1.54) is 0 Å². The molecular weight excluding hydrogens is 409 g/mol. The molecule has 0 atom stereocenters. The molecule has 2 fully saturated rings. The Hall–Kier alpha value is -3.05. The number of hydrogen-bond acceptors (Lipinski definition) is 7. The third-order valence-corrected chi connectivity index (χ3v) is 4.99. The topological polar surface area (TPSA) is 69.5 Å². The Morgan fingerprint density at radius 1 is 0.667 bits per heavy atom. The number of halogens is 5. The van der Waals surface area contributed by atoms with Gasteiger partial charge in [-0.25, -0.2) is 27.4 Å². The second-order valence-electron chi connectivity index (χ2n) is 7.00. The van der Waals surface area contributed by atoms with Crippen molar-refractivity contribution in [2.24, 2.45) is 5.10 Å². The van der Waals surface area contributed by atoms with Gasteiger partial charge in [0.25, 0.3) is 0 Å². The van der Waals surface area contributed by atoms with Crippen LogP contribution in [-0.2, 0) is 0 Å². The van der Waals surface area contributed by atoms with Crippen LogP contribution in [0.25, 0.3) is 0 Å². The van der Waals surface area contributed by atoms with E-state index in [1.54, 1.807) is 0 Å². The number of hydrogen-bond donors (Lipinski definition) is 1. The molecule has 4 rings (SSSR count). The predicted molar refractivity (Wildman–Crippen MR) is 100 cm³/mol. The summed E-state index contributed by atoms with van der Waals surface area (Å²) in [6.45, 7) is 3.15. The van der Waals surface area contributed by atoms with E-state index in [-0.39, 0.29) is 5.95 Å². The van der Waals surface area contributed by atoms with Gasteiger partial charge in [0.1, 0.15) is 0 Å². The molecule has 0 saturated carbocycles. The van der Waals surface area contributed by atoms with Gasteiger partial charge in [0, 0.05) is 26.2 Å². The zero-order valence-electron chi connectivity index (χ0n) is 15.8. The SMILES string of the molecule is Fc1c(F)c(F)c(/C=N\Nc2nc(N3CCCC3)nc(N3CCCC3)n2)c(F)c1F. The highest BCUT2D eigenvalue weighted by atomic mass is 19.2. The third-order valence-electron chi connectivity index (χ3n) is 4.99. The third kappa shape index (κ3) is 3.85. The van der Waals surface area contributed by atoms with Crippen molar-refractivity contribution in [3.05, 3.63) is 34.6 Å². The fraction of sp³-hybridized carbons (Fsp3) is 0.444. The van der Waals surface area contributed by atoms with E-state index in [2.05, 4.69) is 25.5 Å². The minimum atomic E-state index is -2.22. The van der Waals surface area contributed by atoms with Crippen LogP contribution < -0.4 is 15.2 Å². The van der Waals surface area contributed by atoms with Gasteiger partial charge in [-0.3, -0.25) is 0 Å². The first-order chi connectivity index (χ1) is 14.5. The van der Waals surface area contributed by atoms with Crippen molar-refractivity contribution in [2.75, 3.05) is 41.4 Å². The molecule has 0 spiro atoms. The van der Waals surface area contributed by atoms with E-state index in [0.29, 0.717) is 18.1 Å². The quantitative estimate of drug-likeness (QED) is 0.260. The number of hydrazone groups is 1. The highest BCUT2D eigenvalue weighted by molar-refractivity contribution is 5.81. The molecule has 0 radical (unpaired) electrons. The summed E-state index contributed by atoms with van der Waals surface area (Å²) >= 11 is 0. The summed E-state index contributed by atoms with van der Waals surface area (Å²) in [5.41, 5.74) is 1.25. The molecule has 30 heavy (non-hydrogen) atoms. The Kier molecular flexibility index (Phi) is 5.64. The number of benzene rings is 1. The maximum absolute atomic E-state index is 13.8. The van der Waals surface area contributed by atoms with Gasteiger partial charge in [0.15, 0.2) is 23.3 Å². The molecule has 7 nitrogen and oxygen atoms in total. The first-order valence-corrected chi connectivity index (χ1v) is 9.52. The molecule has 1 N–H and O–H groups in total. The largest absolute Gasteiger partial charge is 0.341 e. The van der Waals surface area contributed by atoms with E-state index in [4.69, 9.17) is 0 Å². The molecule has 2 aromatic rings. The summed E-state index contributed by atoms with van der Waals surface area (Å²) in [5, 5.41) is 3.58. The lowest BCUT2D eigenvalue weighted by atomic mass is 10.2. The van der Waals surface area contributed by atoms with Crippen molar-refractivity contribution in [3.8, 4) is 0 Å². The predicted octanol–water partition coefficient (Wildman–Crippen LogP) is 3.21. The molecule has 3 heterocycles. The molecule has 0 bridgehead atoms. The van der Waals surface area contributed by atoms with Crippen LogP contribution in [0, 0.1) is 29.1 Å². The Balaban J connectivity index is 1.61. The average Bonchev–Trinajstić information content (AvgIpc) is 3.47. The average molecular weight is 427 g/mol. The molecule has 12 heteroatoms. The van der Waals surface area contributed by atoms with Crippen LogP contribution in [0.15, 0.2) is 5.10 Å². The van der Waals surface area contributed by atoms with Crippen molar-refractivity contribution in [1.82, 2.24) is 15.0 Å². The lowest BCUT2D eigenvalue weighted by Crippen LogP contribution is -2.25. The summed E-state index contributed by atoms with van der Waals surface area (Å²) in [7, 11) is 0. The smallest absolute Gasteiger partial charge is 0.250 e. The van der Waals surface area contributed by atoms with E-state index in [9.17, 15) is 22.0 Å². The Bertz CT molecular complexity index is 909. The van der Waals surface area contributed by atoms with Crippen LogP contribution in [0.4, 0.5) is 39.8 Å². The van der Waals surface area contributed by atoms with Crippen LogP contribution in [0.1, 0.15) is 31.2 Å². The Labute approximate surface area is 168 Å². The van der Waals surface area contributed by atoms with Gasteiger partial charge in [-0.1, -0.05) is 0 Å². The summed E-state index contributed by atoms with van der Waals surface area (Å²) in [4.78, 5) is 17.0. The summed E-state index contributed by atoms with van der Waals surface area (Å²) in [6, 6.07) is 0. The number of aromatic nitrogens is 3. The van der Waals surface area contributed by atoms with Crippen LogP contribution >= 0.6 is 0 Å². The van der Waals surface area contributed by atoms with E-state index >= 15 is 0 Å². The fourth-order valence-corrected chi connectivity index (χ4v) is 3.41. The van der Waals surface area contributed by atoms with Crippen molar-refractivity contribution in [1.29, 1.82) is 0 Å². The minimum Gasteiger partial charge on any atom is -0.341 e. The molecule has 2 saturated heterocycles. The number of rotatable bonds is 5. The normalized spacial score (nSPS) is 16.8. The molecule has 0 aliphatic carbocycles. The maximum atomic E-state index is 13.8. The van der Waals surface area contributed by atoms with Crippen molar-refractivity contribution >= 4 is 24.1 Å². The maximum Gasteiger partial charge on any atom is 0.250 e. The number of nitrogens with zero attached hydrogens (tertiary/aromatic N) is 6. The van der Waals surface area contributed by atoms with Gasteiger partial charge < -0.3 is 9.80 Å². The molecule has 1 aromatic heterocycles. The molecular formula is C18H18F5N7. The van der Waals surface area contributed by atoms with E-state index in [0.717, 1.165) is 51.9 Å². The number of nitrogens with one attached hydrogen (secondary N) is 1. The minimum absolute atomic E-state index is 0.00826. The molecule has 1 aromatic carbocycles. The standard InChI is InChI=1S/C18H18F5N7/c19-11-10(12(20)14(22)15(23)13(11)21)9-24-28-16-25-17(29-5-1-2-6-29)27-18(26-16)30-7-3-4-8-30/h9H,1-8H2,(H,25,26,27,28)/b24-9-. The van der Waals surface area contributed by atoms with Crippen molar-refractivity contribution in [2.45, 2.75) is 25.7 Å². The Morgan fingerprint density at radius 3 is 1.57 bits per heavy atom. The highest BCUT2D eigenvalue weighted by Crippen LogP contribution is 2.24. The highest BCUT2D eigenvalue weighted by Gasteiger charge is 2.25. The first kappa shape index (κ1) is 20.2. The first-order valence-electron chi connectivity index (χ1n) is 9.52. The van der Waals surface area contributed by atoms with E-state index in [1.807, 2.05) is 9.80 Å². The molecule has 160 valence electrons. The van der Waals surface area contributed by atoms with Crippen LogP contribution in [0.5, 0.6) is 0 Å². The van der Waals surface area contributed by atoms with Crippen LogP contribution in [0.3, 0.4) is 0 Å². The van der Waals surface area contributed by atoms with Crippen LogP contribution in [0.2, 0.25) is 0 Å². The second-order valence-corrected chi connectivity index (χ2v) is 7.00. The van der Waals surface area contributed by atoms with Gasteiger partial charge in [0.05, 0.1) is 11.8 Å². The number of anilines is 3. The molecule has 0 amide bonds. The fourth-order valence-electron chi connectivity index (χ4n) is 3.41. The molecule has 2 aliphatic rings. The zero-order chi connectivity index (χ0) is 21.3. The van der Waals surface area contributed by atoms with Gasteiger partial charge in [-0.05, 0) is 25.7 Å².